The van der Waals surface area contributed by atoms with Gasteiger partial charge in [0.1, 0.15) is 11.7 Å². The van der Waals surface area contributed by atoms with Gasteiger partial charge in [-0.2, -0.15) is 18.3 Å². The van der Waals surface area contributed by atoms with Gasteiger partial charge in [-0.3, -0.25) is 0 Å². The van der Waals surface area contributed by atoms with Crippen LogP contribution in [0.2, 0.25) is 0 Å². The first-order valence-corrected chi connectivity index (χ1v) is 8.91. The van der Waals surface area contributed by atoms with E-state index in [1.54, 1.807) is 24.3 Å². The summed E-state index contributed by atoms with van der Waals surface area (Å²) in [5.41, 5.74) is 0.766. The first-order valence-electron chi connectivity index (χ1n) is 8.91. The number of rotatable bonds is 7. The second kappa shape index (κ2) is 9.07. The predicted octanol–water partition coefficient (Wildman–Crippen LogP) is 6.67. The SMILES string of the molecule is C=C(C=C(F)C(CNc1ccc(-n2nc(C(F)(F)F)cc2C)cc1)=C(C)F)CC. The minimum atomic E-state index is -4.52. The number of allylic oxidation sites excluding steroid dienone is 3. The Balaban J connectivity index is 2.15. The molecule has 2 aromatic rings. The second-order valence-corrected chi connectivity index (χ2v) is 6.50. The maximum atomic E-state index is 14.2. The molecule has 0 amide bonds. The molecule has 1 N–H and O–H groups in total. The van der Waals surface area contributed by atoms with E-state index in [0.717, 1.165) is 6.07 Å². The topological polar surface area (TPSA) is 29.9 Å². The summed E-state index contributed by atoms with van der Waals surface area (Å²) in [5, 5.41) is 6.49. The summed E-state index contributed by atoms with van der Waals surface area (Å²) in [7, 11) is 0. The highest BCUT2D eigenvalue weighted by Gasteiger charge is 2.34. The first-order chi connectivity index (χ1) is 13.5. The molecule has 29 heavy (non-hydrogen) atoms. The molecule has 0 spiro atoms. The molecule has 0 aliphatic rings. The van der Waals surface area contributed by atoms with Crippen LogP contribution in [0.1, 0.15) is 31.7 Å². The standard InChI is InChI=1S/C21H22F5N3/c1-5-13(2)10-19(23)18(15(4)22)12-27-16-6-8-17(9-7-16)29-14(3)11-20(28-29)21(24,25)26/h6-11,27H,2,5,12H2,1,3-4H3. The van der Waals surface area contributed by atoms with E-state index in [-0.39, 0.29) is 12.1 Å². The van der Waals surface area contributed by atoms with Gasteiger partial charge in [0.05, 0.1) is 5.69 Å². The van der Waals surface area contributed by atoms with Crippen molar-refractivity contribution in [3.8, 4) is 5.69 Å². The number of aromatic nitrogens is 2. The molecule has 156 valence electrons. The highest BCUT2D eigenvalue weighted by Crippen LogP contribution is 2.29. The third-order valence-electron chi connectivity index (χ3n) is 4.25. The molecule has 0 bridgehead atoms. The lowest BCUT2D eigenvalue weighted by atomic mass is 10.1. The third-order valence-corrected chi connectivity index (χ3v) is 4.25. The fourth-order valence-corrected chi connectivity index (χ4v) is 2.52. The molecule has 2 rings (SSSR count). The van der Waals surface area contributed by atoms with E-state index >= 15 is 0 Å². The largest absolute Gasteiger partial charge is 0.435 e. The zero-order chi connectivity index (χ0) is 21.8. The summed E-state index contributed by atoms with van der Waals surface area (Å²) in [5.74, 6) is -1.36. The predicted molar refractivity (Wildman–Crippen MR) is 104 cm³/mol. The van der Waals surface area contributed by atoms with Crippen LogP contribution in [-0.2, 0) is 6.18 Å². The van der Waals surface area contributed by atoms with E-state index in [4.69, 9.17) is 0 Å². The van der Waals surface area contributed by atoms with Gasteiger partial charge in [-0.15, -0.1) is 0 Å². The molecule has 0 aliphatic heterocycles. The van der Waals surface area contributed by atoms with E-state index in [1.165, 1.54) is 24.6 Å². The van der Waals surface area contributed by atoms with Crippen molar-refractivity contribution in [3.05, 3.63) is 77.2 Å². The number of hydrogen-bond acceptors (Lipinski definition) is 2. The number of halogens is 5. The summed E-state index contributed by atoms with van der Waals surface area (Å²) in [6.07, 6.45) is -2.78. The molecule has 0 atom stereocenters. The lowest BCUT2D eigenvalue weighted by Gasteiger charge is -2.11. The van der Waals surface area contributed by atoms with E-state index in [0.29, 0.717) is 29.1 Å². The normalized spacial score (nSPS) is 13.3. The molecule has 0 fully saturated rings. The Hall–Kier alpha value is -2.90. The van der Waals surface area contributed by atoms with Crippen molar-refractivity contribution in [3.63, 3.8) is 0 Å². The number of benzene rings is 1. The molecule has 0 aliphatic carbocycles. The summed E-state index contributed by atoms with van der Waals surface area (Å²) in [6.45, 7) is 8.08. The first kappa shape index (κ1) is 22.4. The van der Waals surface area contributed by atoms with Crippen LogP contribution in [0.3, 0.4) is 0 Å². The van der Waals surface area contributed by atoms with Gasteiger partial charge in [-0.25, -0.2) is 13.5 Å². The van der Waals surface area contributed by atoms with Gasteiger partial charge in [0, 0.05) is 23.5 Å². The maximum absolute atomic E-state index is 14.2. The van der Waals surface area contributed by atoms with Crippen molar-refractivity contribution in [2.75, 3.05) is 11.9 Å². The number of anilines is 1. The molecular weight excluding hydrogens is 389 g/mol. The molecule has 1 aromatic heterocycles. The van der Waals surface area contributed by atoms with Gasteiger partial charge >= 0.3 is 6.18 Å². The van der Waals surface area contributed by atoms with Crippen LogP contribution >= 0.6 is 0 Å². The summed E-state index contributed by atoms with van der Waals surface area (Å²) in [6, 6.07) is 7.30. The van der Waals surface area contributed by atoms with E-state index in [1.807, 2.05) is 6.92 Å². The zero-order valence-electron chi connectivity index (χ0n) is 16.4. The minimum Gasteiger partial charge on any atom is -0.381 e. The quantitative estimate of drug-likeness (QED) is 0.407. The van der Waals surface area contributed by atoms with Crippen LogP contribution in [0.4, 0.5) is 27.6 Å². The molecule has 0 saturated carbocycles. The van der Waals surface area contributed by atoms with Crippen LogP contribution in [0.25, 0.3) is 5.69 Å². The zero-order valence-corrected chi connectivity index (χ0v) is 16.4. The lowest BCUT2D eigenvalue weighted by Crippen LogP contribution is -2.08. The maximum Gasteiger partial charge on any atom is 0.435 e. The number of nitrogens with zero attached hydrogens (tertiary/aromatic N) is 2. The minimum absolute atomic E-state index is 0.0972. The molecule has 8 heteroatoms. The number of aryl methyl sites for hydroxylation is 1. The molecule has 0 unspecified atom stereocenters. The van der Waals surface area contributed by atoms with Crippen molar-refractivity contribution >= 4 is 5.69 Å². The van der Waals surface area contributed by atoms with E-state index < -0.39 is 23.5 Å². The van der Waals surface area contributed by atoms with Gasteiger partial charge in [0.15, 0.2) is 5.69 Å². The van der Waals surface area contributed by atoms with Crippen LogP contribution < -0.4 is 5.32 Å². The second-order valence-electron chi connectivity index (χ2n) is 6.50. The van der Waals surface area contributed by atoms with Gasteiger partial charge in [-0.05, 0) is 56.7 Å². The summed E-state index contributed by atoms with van der Waals surface area (Å²) in [4.78, 5) is 0. The Morgan fingerprint density at radius 3 is 2.31 bits per heavy atom. The van der Waals surface area contributed by atoms with Crippen molar-refractivity contribution in [1.29, 1.82) is 0 Å². The van der Waals surface area contributed by atoms with E-state index in [2.05, 4.69) is 17.0 Å². The molecule has 3 nitrogen and oxygen atoms in total. The van der Waals surface area contributed by atoms with Crippen LogP contribution in [-0.4, -0.2) is 16.3 Å². The average Bonchev–Trinajstić information content (AvgIpc) is 3.04. The van der Waals surface area contributed by atoms with Crippen LogP contribution in [0.5, 0.6) is 0 Å². The van der Waals surface area contributed by atoms with Gasteiger partial charge in [-0.1, -0.05) is 19.1 Å². The molecule has 0 saturated heterocycles. The van der Waals surface area contributed by atoms with Crippen molar-refractivity contribution in [2.45, 2.75) is 33.4 Å². The van der Waals surface area contributed by atoms with Gasteiger partial charge in [0.2, 0.25) is 0 Å². The molecule has 1 heterocycles. The number of nitrogens with one attached hydrogen (secondary N) is 1. The van der Waals surface area contributed by atoms with Crippen molar-refractivity contribution < 1.29 is 22.0 Å². The molecular formula is C21H22F5N3. The Morgan fingerprint density at radius 2 is 1.83 bits per heavy atom. The van der Waals surface area contributed by atoms with Gasteiger partial charge < -0.3 is 5.32 Å². The van der Waals surface area contributed by atoms with Gasteiger partial charge in [0.25, 0.3) is 0 Å². The Kier molecular flexibility index (Phi) is 7.00. The monoisotopic (exact) mass is 411 g/mol. The van der Waals surface area contributed by atoms with Crippen LogP contribution in [0.15, 0.2) is 65.8 Å². The van der Waals surface area contributed by atoms with Crippen molar-refractivity contribution in [2.24, 2.45) is 0 Å². The lowest BCUT2D eigenvalue weighted by molar-refractivity contribution is -0.141. The highest BCUT2D eigenvalue weighted by atomic mass is 19.4. The number of alkyl halides is 3. The fraction of sp³-hybridized carbons (Fsp3) is 0.286. The Bertz CT molecular complexity index is 930. The molecule has 1 aromatic carbocycles. The Labute approximate surface area is 166 Å². The summed E-state index contributed by atoms with van der Waals surface area (Å²) < 4.78 is 67.6. The van der Waals surface area contributed by atoms with Crippen LogP contribution in [0, 0.1) is 6.92 Å². The van der Waals surface area contributed by atoms with Crippen molar-refractivity contribution in [1.82, 2.24) is 9.78 Å². The average molecular weight is 411 g/mol. The fourth-order valence-electron chi connectivity index (χ4n) is 2.52. The summed E-state index contributed by atoms with van der Waals surface area (Å²) >= 11 is 0. The highest BCUT2D eigenvalue weighted by molar-refractivity contribution is 5.51. The van der Waals surface area contributed by atoms with E-state index in [9.17, 15) is 22.0 Å². The number of hydrogen-bond donors (Lipinski definition) is 1. The third kappa shape index (κ3) is 5.79. The molecule has 0 radical (unpaired) electrons. The Morgan fingerprint density at radius 1 is 1.21 bits per heavy atom. The smallest absolute Gasteiger partial charge is 0.381 e.